The van der Waals surface area contributed by atoms with Crippen molar-refractivity contribution in [2.24, 2.45) is 7.05 Å². The van der Waals surface area contributed by atoms with Crippen molar-refractivity contribution >= 4 is 17.6 Å². The first-order chi connectivity index (χ1) is 9.00. The third-order valence-electron chi connectivity index (χ3n) is 2.69. The quantitative estimate of drug-likeness (QED) is 0.732. The molecule has 19 heavy (non-hydrogen) atoms. The fourth-order valence-electron chi connectivity index (χ4n) is 1.70. The van der Waals surface area contributed by atoms with Crippen LogP contribution in [0.15, 0.2) is 36.5 Å². The number of aromatic carboxylic acids is 1. The number of nitrogens with zero attached hydrogens (tertiary/aromatic N) is 1. The minimum Gasteiger partial charge on any atom is -0.505 e. The normalized spacial score (nSPS) is 10.2. The average Bonchev–Trinajstić information content (AvgIpc) is 2.77. The number of para-hydroxylation sites is 1. The van der Waals surface area contributed by atoms with Crippen molar-refractivity contribution < 1.29 is 19.8 Å². The molecule has 0 fully saturated rings. The molecule has 0 aliphatic rings. The van der Waals surface area contributed by atoms with Gasteiger partial charge in [0.25, 0.3) is 5.91 Å². The van der Waals surface area contributed by atoms with Crippen molar-refractivity contribution in [3.05, 3.63) is 47.8 Å². The summed E-state index contributed by atoms with van der Waals surface area (Å²) in [5, 5.41) is 21.1. The average molecular weight is 260 g/mol. The Labute approximate surface area is 108 Å². The molecule has 1 heterocycles. The third kappa shape index (κ3) is 2.42. The number of phenols is 1. The molecule has 3 N–H and O–H groups in total. The van der Waals surface area contributed by atoms with E-state index < -0.39 is 17.6 Å². The zero-order valence-electron chi connectivity index (χ0n) is 10.1. The van der Waals surface area contributed by atoms with E-state index in [-0.39, 0.29) is 11.3 Å². The number of benzene rings is 1. The summed E-state index contributed by atoms with van der Waals surface area (Å²) in [6, 6.07) is 7.47. The number of carboxylic acids is 1. The maximum atomic E-state index is 11.9. The molecule has 2 rings (SSSR count). The van der Waals surface area contributed by atoms with Gasteiger partial charge in [-0.1, -0.05) is 6.07 Å². The molecule has 0 aliphatic carbocycles. The van der Waals surface area contributed by atoms with Crippen LogP contribution < -0.4 is 5.32 Å². The van der Waals surface area contributed by atoms with E-state index in [4.69, 9.17) is 5.11 Å². The van der Waals surface area contributed by atoms with Crippen molar-refractivity contribution in [1.29, 1.82) is 0 Å². The Hall–Kier alpha value is -2.76. The van der Waals surface area contributed by atoms with Gasteiger partial charge in [-0.15, -0.1) is 0 Å². The van der Waals surface area contributed by atoms with Crippen molar-refractivity contribution in [2.45, 2.75) is 0 Å². The van der Waals surface area contributed by atoms with E-state index in [1.807, 2.05) is 0 Å². The predicted octanol–water partition coefficient (Wildman–Crippen LogP) is 1.68. The van der Waals surface area contributed by atoms with Crippen LogP contribution >= 0.6 is 0 Å². The highest BCUT2D eigenvalue weighted by Crippen LogP contribution is 2.27. The summed E-state index contributed by atoms with van der Waals surface area (Å²) in [6.07, 6.45) is 1.71. The number of carbonyl (C=O) groups excluding carboxylic acids is 1. The molecule has 0 atom stereocenters. The Kier molecular flexibility index (Phi) is 3.24. The van der Waals surface area contributed by atoms with Crippen molar-refractivity contribution in [1.82, 2.24) is 4.57 Å². The van der Waals surface area contributed by atoms with Crippen molar-refractivity contribution in [2.75, 3.05) is 5.32 Å². The van der Waals surface area contributed by atoms with Crippen LogP contribution in [0.1, 0.15) is 20.8 Å². The number of aromatic nitrogens is 1. The zero-order valence-corrected chi connectivity index (χ0v) is 10.1. The highest BCUT2D eigenvalue weighted by molar-refractivity contribution is 6.05. The van der Waals surface area contributed by atoms with E-state index in [1.165, 1.54) is 18.2 Å². The third-order valence-corrected chi connectivity index (χ3v) is 2.69. The van der Waals surface area contributed by atoms with Crippen molar-refractivity contribution in [3.8, 4) is 5.75 Å². The fraction of sp³-hybridized carbons (Fsp3) is 0.0769. The predicted molar refractivity (Wildman–Crippen MR) is 68.4 cm³/mol. The number of hydrogen-bond acceptors (Lipinski definition) is 3. The number of rotatable bonds is 3. The van der Waals surface area contributed by atoms with Gasteiger partial charge in [0.15, 0.2) is 5.75 Å². The first-order valence-corrected chi connectivity index (χ1v) is 5.48. The Morgan fingerprint density at radius 2 is 1.95 bits per heavy atom. The number of nitrogens with one attached hydrogen (secondary N) is 1. The van der Waals surface area contributed by atoms with Gasteiger partial charge in [-0.05, 0) is 24.3 Å². The van der Waals surface area contributed by atoms with Gasteiger partial charge in [-0.2, -0.15) is 0 Å². The highest BCUT2D eigenvalue weighted by Gasteiger charge is 2.16. The lowest BCUT2D eigenvalue weighted by molar-refractivity contribution is 0.0693. The molecule has 0 saturated heterocycles. The molecule has 6 nitrogen and oxygen atoms in total. The van der Waals surface area contributed by atoms with E-state index in [1.54, 1.807) is 29.9 Å². The fourth-order valence-corrected chi connectivity index (χ4v) is 1.70. The lowest BCUT2D eigenvalue weighted by atomic mass is 10.1. The number of amides is 1. The molecule has 2 aromatic rings. The lowest BCUT2D eigenvalue weighted by Crippen LogP contribution is -2.15. The maximum absolute atomic E-state index is 11.9. The van der Waals surface area contributed by atoms with Gasteiger partial charge in [0.1, 0.15) is 11.3 Å². The van der Waals surface area contributed by atoms with Crippen LogP contribution in [0.3, 0.4) is 0 Å². The van der Waals surface area contributed by atoms with E-state index in [2.05, 4.69) is 5.32 Å². The number of aryl methyl sites for hydroxylation is 1. The summed E-state index contributed by atoms with van der Waals surface area (Å²) in [6.45, 7) is 0. The molecular formula is C13H12N2O4. The van der Waals surface area contributed by atoms with Crippen LogP contribution in [-0.2, 0) is 7.05 Å². The van der Waals surface area contributed by atoms with Gasteiger partial charge in [-0.25, -0.2) is 4.79 Å². The minimum absolute atomic E-state index is 0.0612. The van der Waals surface area contributed by atoms with Crippen LogP contribution in [0.2, 0.25) is 0 Å². The van der Waals surface area contributed by atoms with Gasteiger partial charge in [0, 0.05) is 13.2 Å². The molecule has 1 aromatic carbocycles. The van der Waals surface area contributed by atoms with Crippen LogP contribution in [-0.4, -0.2) is 26.7 Å². The molecule has 0 radical (unpaired) electrons. The molecule has 6 heteroatoms. The molecular weight excluding hydrogens is 248 g/mol. The highest BCUT2D eigenvalue weighted by atomic mass is 16.4. The Morgan fingerprint density at radius 3 is 2.53 bits per heavy atom. The molecule has 0 unspecified atom stereocenters. The smallest absolute Gasteiger partial charge is 0.339 e. The molecule has 1 aromatic heterocycles. The molecule has 0 saturated carbocycles. The molecule has 0 bridgehead atoms. The summed E-state index contributed by atoms with van der Waals surface area (Å²) in [7, 11) is 1.71. The van der Waals surface area contributed by atoms with Gasteiger partial charge < -0.3 is 20.1 Å². The first kappa shape index (κ1) is 12.7. The van der Waals surface area contributed by atoms with Crippen LogP contribution in [0.4, 0.5) is 5.69 Å². The van der Waals surface area contributed by atoms with Gasteiger partial charge >= 0.3 is 5.97 Å². The molecule has 1 amide bonds. The minimum atomic E-state index is -1.26. The summed E-state index contributed by atoms with van der Waals surface area (Å²) >= 11 is 0. The number of carboxylic acid groups (broad SMARTS) is 1. The van der Waals surface area contributed by atoms with Crippen molar-refractivity contribution in [3.63, 3.8) is 0 Å². The second-order valence-electron chi connectivity index (χ2n) is 3.97. The Morgan fingerprint density at radius 1 is 1.21 bits per heavy atom. The SMILES string of the molecule is Cn1cccc1C(=O)Nc1cccc(C(=O)O)c1O. The summed E-state index contributed by atoms with van der Waals surface area (Å²) in [4.78, 5) is 22.8. The van der Waals surface area contributed by atoms with Gasteiger partial charge in [0.05, 0.1) is 5.69 Å². The Balaban J connectivity index is 2.30. The molecule has 0 spiro atoms. The second-order valence-corrected chi connectivity index (χ2v) is 3.97. The number of carbonyl (C=O) groups is 2. The summed E-state index contributed by atoms with van der Waals surface area (Å²) in [5.74, 6) is -2.14. The van der Waals surface area contributed by atoms with E-state index in [9.17, 15) is 14.7 Å². The maximum Gasteiger partial charge on any atom is 0.339 e. The molecule has 0 aliphatic heterocycles. The van der Waals surface area contributed by atoms with Crippen LogP contribution in [0.25, 0.3) is 0 Å². The van der Waals surface area contributed by atoms with Crippen LogP contribution in [0.5, 0.6) is 5.75 Å². The summed E-state index contributed by atoms with van der Waals surface area (Å²) in [5.41, 5.74) is 0.205. The van der Waals surface area contributed by atoms with Gasteiger partial charge in [0.2, 0.25) is 0 Å². The molecule has 98 valence electrons. The van der Waals surface area contributed by atoms with E-state index in [0.29, 0.717) is 5.69 Å². The topological polar surface area (TPSA) is 91.6 Å². The number of anilines is 1. The van der Waals surface area contributed by atoms with E-state index >= 15 is 0 Å². The number of hydrogen-bond donors (Lipinski definition) is 3. The van der Waals surface area contributed by atoms with Gasteiger partial charge in [-0.3, -0.25) is 4.79 Å². The lowest BCUT2D eigenvalue weighted by Gasteiger charge is -2.09. The summed E-state index contributed by atoms with van der Waals surface area (Å²) < 4.78 is 1.62. The van der Waals surface area contributed by atoms with Crippen LogP contribution in [0, 0.1) is 0 Å². The Bertz CT molecular complexity index is 646. The largest absolute Gasteiger partial charge is 0.505 e. The monoisotopic (exact) mass is 260 g/mol. The number of aromatic hydroxyl groups is 1. The zero-order chi connectivity index (χ0) is 14.0. The van der Waals surface area contributed by atoms with E-state index in [0.717, 1.165) is 0 Å². The second kappa shape index (κ2) is 4.85. The standard InChI is InChI=1S/C13H12N2O4/c1-15-7-3-6-10(15)12(17)14-9-5-2-4-8(11(9)16)13(18)19/h2-7,16H,1H3,(H,14,17)(H,18,19). The first-order valence-electron chi connectivity index (χ1n) is 5.48.